The van der Waals surface area contributed by atoms with Gasteiger partial charge in [-0.1, -0.05) is 24.3 Å². The monoisotopic (exact) mass is 295 g/mol. The van der Waals surface area contributed by atoms with E-state index in [4.69, 9.17) is 0 Å². The van der Waals surface area contributed by atoms with E-state index in [-0.39, 0.29) is 0 Å². The number of rotatable bonds is 4. The molecule has 1 aliphatic heterocycles. The topological polar surface area (TPSA) is 19.4 Å². The highest BCUT2D eigenvalue weighted by Crippen LogP contribution is 2.25. The fourth-order valence-electron chi connectivity index (χ4n) is 3.32. The summed E-state index contributed by atoms with van der Waals surface area (Å²) in [7, 11) is 0. The quantitative estimate of drug-likeness (QED) is 0.864. The lowest BCUT2D eigenvalue weighted by Crippen LogP contribution is -2.47. The SMILES string of the molecule is Cc1cccc(C)c1N1CCN(CCc2ccccn2)CC1. The van der Waals surface area contributed by atoms with E-state index in [9.17, 15) is 0 Å². The Morgan fingerprint density at radius 2 is 1.64 bits per heavy atom. The number of benzene rings is 1. The zero-order valence-corrected chi connectivity index (χ0v) is 13.6. The van der Waals surface area contributed by atoms with E-state index in [1.54, 1.807) is 0 Å². The third kappa shape index (κ3) is 3.47. The van der Waals surface area contributed by atoms with Crippen molar-refractivity contribution in [2.75, 3.05) is 37.6 Å². The smallest absolute Gasteiger partial charge is 0.0426 e. The molecule has 0 amide bonds. The van der Waals surface area contributed by atoms with E-state index < -0.39 is 0 Å². The van der Waals surface area contributed by atoms with Gasteiger partial charge in [-0.3, -0.25) is 9.88 Å². The van der Waals surface area contributed by atoms with Crippen molar-refractivity contribution >= 4 is 5.69 Å². The van der Waals surface area contributed by atoms with E-state index in [1.165, 1.54) is 22.5 Å². The van der Waals surface area contributed by atoms with Crippen molar-refractivity contribution in [1.29, 1.82) is 0 Å². The molecule has 0 radical (unpaired) electrons. The van der Waals surface area contributed by atoms with E-state index >= 15 is 0 Å². The van der Waals surface area contributed by atoms with E-state index in [1.807, 2.05) is 12.3 Å². The highest BCUT2D eigenvalue weighted by Gasteiger charge is 2.19. The number of anilines is 1. The van der Waals surface area contributed by atoms with Crippen molar-refractivity contribution in [3.63, 3.8) is 0 Å². The maximum atomic E-state index is 4.41. The van der Waals surface area contributed by atoms with Crippen molar-refractivity contribution in [1.82, 2.24) is 9.88 Å². The number of nitrogens with zero attached hydrogens (tertiary/aromatic N) is 3. The van der Waals surface area contributed by atoms with Gasteiger partial charge in [-0.05, 0) is 37.1 Å². The second-order valence-corrected chi connectivity index (χ2v) is 6.14. The summed E-state index contributed by atoms with van der Waals surface area (Å²) in [5, 5.41) is 0. The van der Waals surface area contributed by atoms with Crippen LogP contribution in [-0.4, -0.2) is 42.6 Å². The molecular formula is C19H25N3. The lowest BCUT2D eigenvalue weighted by Gasteiger charge is -2.37. The van der Waals surface area contributed by atoms with Crippen LogP contribution in [-0.2, 0) is 6.42 Å². The Kier molecular flexibility index (Phi) is 4.74. The Labute approximate surface area is 133 Å². The fourth-order valence-corrected chi connectivity index (χ4v) is 3.32. The molecule has 0 saturated carbocycles. The highest BCUT2D eigenvalue weighted by atomic mass is 15.3. The van der Waals surface area contributed by atoms with Gasteiger partial charge in [-0.2, -0.15) is 0 Å². The van der Waals surface area contributed by atoms with Crippen molar-refractivity contribution in [2.24, 2.45) is 0 Å². The Balaban J connectivity index is 1.54. The predicted octanol–water partition coefficient (Wildman–Crippen LogP) is 3.06. The second-order valence-electron chi connectivity index (χ2n) is 6.14. The largest absolute Gasteiger partial charge is 0.369 e. The van der Waals surface area contributed by atoms with Gasteiger partial charge in [0.15, 0.2) is 0 Å². The van der Waals surface area contributed by atoms with Gasteiger partial charge in [-0.25, -0.2) is 0 Å². The van der Waals surface area contributed by atoms with Gasteiger partial charge in [0.2, 0.25) is 0 Å². The molecule has 1 aromatic heterocycles. The van der Waals surface area contributed by atoms with E-state index in [2.05, 4.69) is 59.0 Å². The van der Waals surface area contributed by atoms with Gasteiger partial charge in [-0.15, -0.1) is 0 Å². The molecule has 3 rings (SSSR count). The Morgan fingerprint density at radius 3 is 2.27 bits per heavy atom. The van der Waals surface area contributed by atoms with Crippen molar-refractivity contribution in [3.05, 3.63) is 59.4 Å². The molecule has 2 heterocycles. The van der Waals surface area contributed by atoms with Gasteiger partial charge in [0.05, 0.1) is 0 Å². The average molecular weight is 295 g/mol. The average Bonchev–Trinajstić information content (AvgIpc) is 2.55. The Morgan fingerprint density at radius 1 is 0.909 bits per heavy atom. The lowest BCUT2D eigenvalue weighted by molar-refractivity contribution is 0.260. The van der Waals surface area contributed by atoms with Crippen LogP contribution in [0.25, 0.3) is 0 Å². The van der Waals surface area contributed by atoms with Gasteiger partial charge in [0.25, 0.3) is 0 Å². The number of hydrogen-bond acceptors (Lipinski definition) is 3. The first kappa shape index (κ1) is 15.0. The van der Waals surface area contributed by atoms with Crippen LogP contribution in [0.1, 0.15) is 16.8 Å². The first-order chi connectivity index (χ1) is 10.7. The summed E-state index contributed by atoms with van der Waals surface area (Å²) in [6, 6.07) is 12.8. The van der Waals surface area contributed by atoms with E-state index in [0.717, 1.165) is 39.1 Å². The minimum absolute atomic E-state index is 1.05. The summed E-state index contributed by atoms with van der Waals surface area (Å²) in [5.41, 5.74) is 5.41. The molecule has 116 valence electrons. The Bertz CT molecular complexity index is 581. The maximum absolute atomic E-state index is 4.41. The van der Waals surface area contributed by atoms with Gasteiger partial charge in [0, 0.05) is 56.7 Å². The summed E-state index contributed by atoms with van der Waals surface area (Å²) >= 11 is 0. The molecule has 1 fully saturated rings. The molecule has 0 aliphatic carbocycles. The van der Waals surface area contributed by atoms with Crippen LogP contribution in [0.4, 0.5) is 5.69 Å². The summed E-state index contributed by atoms with van der Waals surface area (Å²) in [4.78, 5) is 9.51. The van der Waals surface area contributed by atoms with Gasteiger partial charge in [0.1, 0.15) is 0 Å². The third-order valence-electron chi connectivity index (χ3n) is 4.54. The molecule has 0 N–H and O–H groups in total. The molecule has 0 spiro atoms. The summed E-state index contributed by atoms with van der Waals surface area (Å²) in [5.74, 6) is 0. The molecule has 1 saturated heterocycles. The number of pyridine rings is 1. The van der Waals surface area contributed by atoms with Gasteiger partial charge < -0.3 is 4.90 Å². The van der Waals surface area contributed by atoms with Crippen LogP contribution in [0.3, 0.4) is 0 Å². The van der Waals surface area contributed by atoms with Crippen molar-refractivity contribution in [2.45, 2.75) is 20.3 Å². The number of aromatic nitrogens is 1. The highest BCUT2D eigenvalue weighted by molar-refractivity contribution is 5.59. The van der Waals surface area contributed by atoms with Crippen LogP contribution in [0.15, 0.2) is 42.6 Å². The zero-order chi connectivity index (χ0) is 15.4. The predicted molar refractivity (Wildman–Crippen MR) is 92.5 cm³/mol. The molecule has 3 nitrogen and oxygen atoms in total. The molecule has 1 aliphatic rings. The Hall–Kier alpha value is -1.87. The minimum atomic E-state index is 1.05. The molecule has 0 atom stereocenters. The number of aryl methyl sites for hydroxylation is 2. The molecule has 1 aromatic carbocycles. The first-order valence-corrected chi connectivity index (χ1v) is 8.17. The molecule has 0 unspecified atom stereocenters. The second kappa shape index (κ2) is 6.93. The van der Waals surface area contributed by atoms with Crippen LogP contribution in [0.2, 0.25) is 0 Å². The molecule has 2 aromatic rings. The summed E-state index contributed by atoms with van der Waals surface area (Å²) < 4.78 is 0. The lowest BCUT2D eigenvalue weighted by atomic mass is 10.1. The summed E-state index contributed by atoms with van der Waals surface area (Å²) in [6.07, 6.45) is 2.93. The summed E-state index contributed by atoms with van der Waals surface area (Å²) in [6.45, 7) is 10.1. The van der Waals surface area contributed by atoms with Crippen LogP contribution >= 0.6 is 0 Å². The molecule has 3 heteroatoms. The maximum Gasteiger partial charge on any atom is 0.0426 e. The zero-order valence-electron chi connectivity index (χ0n) is 13.6. The van der Waals surface area contributed by atoms with Gasteiger partial charge >= 0.3 is 0 Å². The molecule has 22 heavy (non-hydrogen) atoms. The number of para-hydroxylation sites is 1. The van der Waals surface area contributed by atoms with Crippen LogP contribution < -0.4 is 4.90 Å². The fraction of sp³-hybridized carbons (Fsp3) is 0.421. The first-order valence-electron chi connectivity index (χ1n) is 8.17. The van der Waals surface area contributed by atoms with Crippen LogP contribution in [0.5, 0.6) is 0 Å². The van der Waals surface area contributed by atoms with Crippen molar-refractivity contribution < 1.29 is 0 Å². The van der Waals surface area contributed by atoms with Crippen molar-refractivity contribution in [3.8, 4) is 0 Å². The van der Waals surface area contributed by atoms with Crippen LogP contribution in [0, 0.1) is 13.8 Å². The number of hydrogen-bond donors (Lipinski definition) is 0. The standard InChI is InChI=1S/C19H25N3/c1-16-6-5-7-17(2)19(16)22-14-12-21(13-15-22)11-9-18-8-3-4-10-20-18/h3-8,10H,9,11-15H2,1-2H3. The van der Waals surface area contributed by atoms with E-state index in [0.29, 0.717) is 0 Å². The minimum Gasteiger partial charge on any atom is -0.369 e. The normalized spacial score (nSPS) is 16.0. The molecular weight excluding hydrogens is 270 g/mol. The number of piperazine rings is 1. The third-order valence-corrected chi connectivity index (χ3v) is 4.54. The molecule has 0 bridgehead atoms.